The molecular weight excluding hydrogens is 332 g/mol. The number of aromatic nitrogens is 3. The number of aryl methyl sites for hydroxylation is 1. The van der Waals surface area contributed by atoms with E-state index in [0.717, 1.165) is 22.3 Å². The molecule has 7 heteroatoms. The van der Waals surface area contributed by atoms with Crippen molar-refractivity contribution in [1.29, 1.82) is 0 Å². The van der Waals surface area contributed by atoms with E-state index in [2.05, 4.69) is 9.97 Å². The van der Waals surface area contributed by atoms with E-state index >= 15 is 0 Å². The summed E-state index contributed by atoms with van der Waals surface area (Å²) in [5, 5.41) is 0.874. The molecule has 1 aliphatic heterocycles. The average Bonchev–Trinajstić information content (AvgIpc) is 3.12. The second-order valence-corrected chi connectivity index (χ2v) is 6.21. The van der Waals surface area contributed by atoms with Crippen molar-refractivity contribution in [3.8, 4) is 17.3 Å². The van der Waals surface area contributed by atoms with E-state index in [4.69, 9.17) is 9.47 Å². The number of rotatable bonds is 3. The fourth-order valence-electron chi connectivity index (χ4n) is 3.20. The zero-order valence-electron chi connectivity index (χ0n) is 14.8. The van der Waals surface area contributed by atoms with Crippen molar-refractivity contribution in [2.24, 2.45) is 7.05 Å². The van der Waals surface area contributed by atoms with Crippen LogP contribution in [0.2, 0.25) is 0 Å². The van der Waals surface area contributed by atoms with E-state index in [1.54, 1.807) is 13.3 Å². The van der Waals surface area contributed by atoms with Crippen LogP contribution in [0.3, 0.4) is 0 Å². The third kappa shape index (κ3) is 2.90. The molecule has 2 aromatic heterocycles. The fourth-order valence-corrected chi connectivity index (χ4v) is 3.20. The summed E-state index contributed by atoms with van der Waals surface area (Å²) < 4.78 is 12.6. The SMILES string of the molecule is COc1cc(-c2nccn2C)c2cc(C(=O)N3CCOCC3)ccc2n1. The second-order valence-electron chi connectivity index (χ2n) is 6.21. The largest absolute Gasteiger partial charge is 0.481 e. The minimum atomic E-state index is 0.0109. The van der Waals surface area contributed by atoms with Crippen molar-refractivity contribution in [2.45, 2.75) is 0 Å². The van der Waals surface area contributed by atoms with Crippen LogP contribution in [0.5, 0.6) is 5.88 Å². The van der Waals surface area contributed by atoms with Crippen LogP contribution in [0.15, 0.2) is 36.7 Å². The van der Waals surface area contributed by atoms with Gasteiger partial charge in [-0.05, 0) is 18.2 Å². The van der Waals surface area contributed by atoms with Crippen LogP contribution < -0.4 is 4.74 Å². The molecule has 134 valence electrons. The molecule has 1 fully saturated rings. The van der Waals surface area contributed by atoms with Crippen molar-refractivity contribution in [3.05, 3.63) is 42.2 Å². The number of hydrogen-bond acceptors (Lipinski definition) is 5. The first-order valence-electron chi connectivity index (χ1n) is 8.51. The first-order chi connectivity index (χ1) is 12.7. The van der Waals surface area contributed by atoms with E-state index in [1.165, 1.54) is 0 Å². The third-order valence-corrected chi connectivity index (χ3v) is 4.60. The minimum Gasteiger partial charge on any atom is -0.481 e. The van der Waals surface area contributed by atoms with Gasteiger partial charge in [-0.2, -0.15) is 0 Å². The van der Waals surface area contributed by atoms with Crippen LogP contribution in [0.4, 0.5) is 0 Å². The lowest BCUT2D eigenvalue weighted by Gasteiger charge is -2.27. The predicted molar refractivity (Wildman–Crippen MR) is 97.2 cm³/mol. The van der Waals surface area contributed by atoms with Crippen molar-refractivity contribution in [1.82, 2.24) is 19.4 Å². The molecule has 3 heterocycles. The molecule has 0 spiro atoms. The van der Waals surface area contributed by atoms with E-state index < -0.39 is 0 Å². The number of imidazole rings is 1. The van der Waals surface area contributed by atoms with Gasteiger partial charge in [0.05, 0.1) is 25.8 Å². The molecule has 7 nitrogen and oxygen atoms in total. The van der Waals surface area contributed by atoms with Gasteiger partial charge in [0, 0.05) is 55.1 Å². The van der Waals surface area contributed by atoms with Crippen LogP contribution in [-0.2, 0) is 11.8 Å². The first-order valence-corrected chi connectivity index (χ1v) is 8.51. The molecule has 1 aliphatic rings. The molecule has 1 amide bonds. The minimum absolute atomic E-state index is 0.0109. The van der Waals surface area contributed by atoms with E-state index in [1.807, 2.05) is 47.0 Å². The zero-order valence-corrected chi connectivity index (χ0v) is 14.8. The Kier molecular flexibility index (Phi) is 4.30. The molecule has 0 aliphatic carbocycles. The van der Waals surface area contributed by atoms with Gasteiger partial charge in [-0.15, -0.1) is 0 Å². The predicted octanol–water partition coefficient (Wildman–Crippen LogP) is 2.12. The van der Waals surface area contributed by atoms with Gasteiger partial charge in [0.2, 0.25) is 5.88 Å². The highest BCUT2D eigenvalue weighted by Crippen LogP contribution is 2.30. The fraction of sp³-hybridized carbons (Fsp3) is 0.316. The van der Waals surface area contributed by atoms with Gasteiger partial charge >= 0.3 is 0 Å². The van der Waals surface area contributed by atoms with Gasteiger partial charge < -0.3 is 18.9 Å². The molecule has 1 saturated heterocycles. The number of benzene rings is 1. The standard InChI is InChI=1S/C19H20N4O3/c1-22-6-5-20-18(22)15-12-17(25-2)21-16-4-3-13(11-14(15)16)19(24)23-7-9-26-10-8-23/h3-6,11-12H,7-10H2,1-2H3. The lowest BCUT2D eigenvalue weighted by Crippen LogP contribution is -2.40. The molecule has 0 saturated carbocycles. The Balaban J connectivity index is 1.84. The highest BCUT2D eigenvalue weighted by atomic mass is 16.5. The van der Waals surface area contributed by atoms with E-state index in [9.17, 15) is 4.79 Å². The summed E-state index contributed by atoms with van der Waals surface area (Å²) in [6.45, 7) is 2.39. The van der Waals surface area contributed by atoms with Crippen LogP contribution in [0.1, 0.15) is 10.4 Å². The summed E-state index contributed by atoms with van der Waals surface area (Å²) in [5.74, 6) is 1.33. The van der Waals surface area contributed by atoms with Crippen molar-refractivity contribution in [3.63, 3.8) is 0 Å². The van der Waals surface area contributed by atoms with E-state index in [-0.39, 0.29) is 5.91 Å². The number of amides is 1. The summed E-state index contributed by atoms with van der Waals surface area (Å²) in [4.78, 5) is 23.6. The lowest BCUT2D eigenvalue weighted by atomic mass is 10.0. The molecular formula is C19H20N4O3. The monoisotopic (exact) mass is 352 g/mol. The normalized spacial score (nSPS) is 14.6. The topological polar surface area (TPSA) is 69.5 Å². The van der Waals surface area contributed by atoms with Gasteiger partial charge in [0.25, 0.3) is 5.91 Å². The Labute approximate surface area is 151 Å². The maximum absolute atomic E-state index is 12.8. The number of pyridine rings is 1. The molecule has 0 unspecified atom stereocenters. The highest BCUT2D eigenvalue weighted by molar-refractivity contribution is 6.01. The number of ether oxygens (including phenoxy) is 2. The van der Waals surface area contributed by atoms with Crippen LogP contribution >= 0.6 is 0 Å². The zero-order chi connectivity index (χ0) is 18.1. The quantitative estimate of drug-likeness (QED) is 0.722. The van der Waals surface area contributed by atoms with Crippen LogP contribution in [-0.4, -0.2) is 58.8 Å². The Morgan fingerprint density at radius 3 is 2.73 bits per heavy atom. The van der Waals surface area contributed by atoms with Gasteiger partial charge in [-0.1, -0.05) is 0 Å². The summed E-state index contributed by atoms with van der Waals surface area (Å²) in [6, 6.07) is 7.42. The number of methoxy groups -OCH3 is 1. The average molecular weight is 352 g/mol. The molecule has 1 aromatic carbocycles. The summed E-state index contributed by atoms with van der Waals surface area (Å²) in [5.41, 5.74) is 2.29. The number of morpholine rings is 1. The molecule has 3 aromatic rings. The summed E-state index contributed by atoms with van der Waals surface area (Å²) in [6.07, 6.45) is 3.63. The number of carbonyl (C=O) groups is 1. The third-order valence-electron chi connectivity index (χ3n) is 4.60. The number of nitrogens with zero attached hydrogens (tertiary/aromatic N) is 4. The Bertz CT molecular complexity index is 961. The lowest BCUT2D eigenvalue weighted by molar-refractivity contribution is 0.0303. The molecule has 0 atom stereocenters. The second kappa shape index (κ2) is 6.76. The Hall–Kier alpha value is -2.93. The maximum atomic E-state index is 12.8. The van der Waals surface area contributed by atoms with Crippen molar-refractivity contribution in [2.75, 3.05) is 33.4 Å². The van der Waals surface area contributed by atoms with Crippen LogP contribution in [0, 0.1) is 0 Å². The van der Waals surface area contributed by atoms with Gasteiger partial charge in [-0.25, -0.2) is 9.97 Å². The summed E-state index contributed by atoms with van der Waals surface area (Å²) >= 11 is 0. The van der Waals surface area contributed by atoms with Gasteiger partial charge in [-0.3, -0.25) is 4.79 Å². The molecule has 0 bridgehead atoms. The van der Waals surface area contributed by atoms with Gasteiger partial charge in [0.15, 0.2) is 0 Å². The van der Waals surface area contributed by atoms with Crippen LogP contribution in [0.25, 0.3) is 22.3 Å². The Morgan fingerprint density at radius 2 is 2.04 bits per heavy atom. The number of hydrogen-bond donors (Lipinski definition) is 0. The van der Waals surface area contributed by atoms with Crippen molar-refractivity contribution >= 4 is 16.8 Å². The summed E-state index contributed by atoms with van der Waals surface area (Å²) in [7, 11) is 3.52. The van der Waals surface area contributed by atoms with E-state index in [0.29, 0.717) is 37.7 Å². The smallest absolute Gasteiger partial charge is 0.254 e. The highest BCUT2D eigenvalue weighted by Gasteiger charge is 2.20. The molecule has 0 radical (unpaired) electrons. The van der Waals surface area contributed by atoms with Crippen molar-refractivity contribution < 1.29 is 14.3 Å². The molecule has 4 rings (SSSR count). The molecule has 26 heavy (non-hydrogen) atoms. The maximum Gasteiger partial charge on any atom is 0.254 e. The Morgan fingerprint density at radius 1 is 1.23 bits per heavy atom. The molecule has 0 N–H and O–H groups in total. The number of fused-ring (bicyclic) bond motifs is 1. The first kappa shape index (κ1) is 16.5. The number of carbonyl (C=O) groups excluding carboxylic acids is 1. The van der Waals surface area contributed by atoms with Gasteiger partial charge in [0.1, 0.15) is 5.82 Å².